The Labute approximate surface area is 182 Å². The highest BCUT2D eigenvalue weighted by atomic mass is 19.1. The third-order valence-corrected chi connectivity index (χ3v) is 4.92. The molecule has 0 fully saturated rings. The first-order valence-corrected chi connectivity index (χ1v) is 9.71. The van der Waals surface area contributed by atoms with Crippen LogP contribution in [0, 0.1) is 5.82 Å². The maximum Gasteiger partial charge on any atom is 0.338 e. The second-order valence-electron chi connectivity index (χ2n) is 7.06. The van der Waals surface area contributed by atoms with Gasteiger partial charge in [-0.2, -0.15) is 0 Å². The lowest BCUT2D eigenvalue weighted by Crippen LogP contribution is -2.31. The molecule has 0 aromatic heterocycles. The van der Waals surface area contributed by atoms with Gasteiger partial charge in [0.25, 0.3) is 17.7 Å². The van der Waals surface area contributed by atoms with Gasteiger partial charge in [-0.25, -0.2) is 14.1 Å². The molecule has 1 heterocycles. The van der Waals surface area contributed by atoms with Gasteiger partial charge in [-0.15, -0.1) is 0 Å². The molecule has 160 valence electrons. The highest BCUT2D eigenvalue weighted by molar-refractivity contribution is 6.34. The lowest BCUT2D eigenvalue weighted by atomic mass is 10.1. The first-order valence-electron chi connectivity index (χ1n) is 9.71. The van der Waals surface area contributed by atoms with Crippen molar-refractivity contribution >= 4 is 35.1 Å². The third kappa shape index (κ3) is 3.85. The topological polar surface area (TPSA) is 92.8 Å². The Bertz CT molecular complexity index is 1220. The fourth-order valence-corrected chi connectivity index (χ4v) is 3.27. The number of esters is 1. The van der Waals surface area contributed by atoms with Crippen LogP contribution < -0.4 is 10.2 Å². The van der Waals surface area contributed by atoms with Crippen LogP contribution in [-0.2, 0) is 9.53 Å². The fraction of sp³-hybridized carbons (Fsp3) is 0.0833. The molecule has 32 heavy (non-hydrogen) atoms. The number of hydrogen-bond acceptors (Lipinski definition) is 5. The number of rotatable bonds is 5. The number of halogens is 1. The number of carbonyl (C=O) groups excluding carboxylic acids is 4. The van der Waals surface area contributed by atoms with Crippen molar-refractivity contribution in [1.82, 2.24) is 0 Å². The van der Waals surface area contributed by atoms with E-state index in [1.54, 1.807) is 30.3 Å². The molecule has 8 heteroatoms. The van der Waals surface area contributed by atoms with Gasteiger partial charge in [0.2, 0.25) is 0 Å². The van der Waals surface area contributed by atoms with Gasteiger partial charge in [-0.1, -0.05) is 30.3 Å². The zero-order valence-corrected chi connectivity index (χ0v) is 16.9. The zero-order chi connectivity index (χ0) is 22.8. The van der Waals surface area contributed by atoms with Gasteiger partial charge < -0.3 is 10.1 Å². The summed E-state index contributed by atoms with van der Waals surface area (Å²) in [4.78, 5) is 51.1. The molecule has 0 unspecified atom stereocenters. The first-order chi connectivity index (χ1) is 15.4. The second kappa shape index (κ2) is 8.43. The number of para-hydroxylation sites is 1. The lowest BCUT2D eigenvalue weighted by Gasteiger charge is -2.16. The van der Waals surface area contributed by atoms with Gasteiger partial charge in [0.1, 0.15) is 5.82 Å². The van der Waals surface area contributed by atoms with E-state index < -0.39 is 35.6 Å². The largest absolute Gasteiger partial charge is 0.449 e. The molecular formula is C24H17FN2O5. The predicted molar refractivity (Wildman–Crippen MR) is 114 cm³/mol. The SMILES string of the molecule is C[C@H](OC(=O)c1cccc(N2C(=O)c3ccccc3C2=O)c1)C(=O)Nc1ccccc1F. The van der Waals surface area contributed by atoms with Crippen LogP contribution in [0.5, 0.6) is 0 Å². The lowest BCUT2D eigenvalue weighted by molar-refractivity contribution is -0.123. The van der Waals surface area contributed by atoms with Gasteiger partial charge in [0.15, 0.2) is 6.10 Å². The molecule has 1 aliphatic heterocycles. The zero-order valence-electron chi connectivity index (χ0n) is 16.9. The number of anilines is 2. The van der Waals surface area contributed by atoms with Crippen LogP contribution in [0.3, 0.4) is 0 Å². The standard InChI is InChI=1S/C24H17FN2O5/c1-14(21(28)26-20-12-5-4-11-19(20)25)32-24(31)15-7-6-8-16(13-15)27-22(29)17-9-2-3-10-18(17)23(27)30/h2-14H,1H3,(H,26,28)/t14-/m0/s1. The van der Waals surface area contributed by atoms with Crippen molar-refractivity contribution in [3.8, 4) is 0 Å². The molecule has 0 saturated heterocycles. The molecular weight excluding hydrogens is 415 g/mol. The summed E-state index contributed by atoms with van der Waals surface area (Å²) < 4.78 is 18.9. The summed E-state index contributed by atoms with van der Waals surface area (Å²) in [5.74, 6) is -3.14. The van der Waals surface area contributed by atoms with E-state index in [1.165, 1.54) is 49.4 Å². The molecule has 1 atom stereocenters. The quantitative estimate of drug-likeness (QED) is 0.489. The van der Waals surface area contributed by atoms with Gasteiger partial charge in [-0.3, -0.25) is 14.4 Å². The fourth-order valence-electron chi connectivity index (χ4n) is 3.27. The third-order valence-electron chi connectivity index (χ3n) is 4.92. The Balaban J connectivity index is 1.48. The number of amides is 3. The van der Waals surface area contributed by atoms with E-state index in [0.717, 1.165) is 4.90 Å². The van der Waals surface area contributed by atoms with E-state index in [-0.39, 0.29) is 28.1 Å². The van der Waals surface area contributed by atoms with E-state index in [2.05, 4.69) is 5.32 Å². The van der Waals surface area contributed by atoms with Crippen molar-refractivity contribution in [3.05, 3.63) is 95.3 Å². The predicted octanol–water partition coefficient (Wildman–Crippen LogP) is 3.81. The summed E-state index contributed by atoms with van der Waals surface area (Å²) in [7, 11) is 0. The monoisotopic (exact) mass is 432 g/mol. The van der Waals surface area contributed by atoms with Crippen LogP contribution in [0.25, 0.3) is 0 Å². The minimum atomic E-state index is -1.22. The van der Waals surface area contributed by atoms with Gasteiger partial charge in [-0.05, 0) is 49.4 Å². The molecule has 4 rings (SSSR count). The summed E-state index contributed by atoms with van der Waals surface area (Å²) in [5.41, 5.74) is 0.777. The number of nitrogens with one attached hydrogen (secondary N) is 1. The number of hydrogen-bond donors (Lipinski definition) is 1. The van der Waals surface area contributed by atoms with Crippen LogP contribution in [0.1, 0.15) is 38.0 Å². The number of benzene rings is 3. The Morgan fingerprint density at radius 3 is 2.19 bits per heavy atom. The molecule has 1 aliphatic rings. The Morgan fingerprint density at radius 2 is 1.53 bits per heavy atom. The molecule has 3 aromatic rings. The highest BCUT2D eigenvalue weighted by Gasteiger charge is 2.36. The Hall–Kier alpha value is -4.33. The average Bonchev–Trinajstić information content (AvgIpc) is 3.05. The summed E-state index contributed by atoms with van der Waals surface area (Å²) in [6.07, 6.45) is -1.22. The van der Waals surface area contributed by atoms with Crippen LogP contribution in [-0.4, -0.2) is 29.8 Å². The molecule has 0 aliphatic carbocycles. The van der Waals surface area contributed by atoms with E-state index >= 15 is 0 Å². The minimum absolute atomic E-state index is 0.0342. The average molecular weight is 432 g/mol. The number of ether oxygens (including phenoxy) is 1. The van der Waals surface area contributed by atoms with E-state index in [0.29, 0.717) is 0 Å². The van der Waals surface area contributed by atoms with Crippen molar-refractivity contribution in [2.45, 2.75) is 13.0 Å². The minimum Gasteiger partial charge on any atom is -0.449 e. The van der Waals surface area contributed by atoms with E-state index in [4.69, 9.17) is 4.74 Å². The molecule has 0 saturated carbocycles. The van der Waals surface area contributed by atoms with Crippen molar-refractivity contribution in [1.29, 1.82) is 0 Å². The van der Waals surface area contributed by atoms with Crippen molar-refractivity contribution in [2.24, 2.45) is 0 Å². The molecule has 0 bridgehead atoms. The van der Waals surface area contributed by atoms with Crippen molar-refractivity contribution in [3.63, 3.8) is 0 Å². The Morgan fingerprint density at radius 1 is 0.906 bits per heavy atom. The van der Waals surface area contributed by atoms with E-state index in [9.17, 15) is 23.6 Å². The summed E-state index contributed by atoms with van der Waals surface area (Å²) in [5, 5.41) is 2.36. The highest BCUT2D eigenvalue weighted by Crippen LogP contribution is 2.29. The smallest absolute Gasteiger partial charge is 0.338 e. The van der Waals surface area contributed by atoms with Gasteiger partial charge >= 0.3 is 5.97 Å². The number of carbonyl (C=O) groups is 4. The summed E-state index contributed by atoms with van der Waals surface area (Å²) in [6, 6.07) is 17.8. The van der Waals surface area contributed by atoms with Crippen molar-refractivity contribution in [2.75, 3.05) is 10.2 Å². The Kier molecular flexibility index (Phi) is 5.51. The maximum atomic E-state index is 13.7. The maximum absolute atomic E-state index is 13.7. The number of imide groups is 1. The first kappa shape index (κ1) is 20.9. The van der Waals surface area contributed by atoms with Gasteiger partial charge in [0.05, 0.1) is 28.1 Å². The summed E-state index contributed by atoms with van der Waals surface area (Å²) in [6.45, 7) is 1.35. The van der Waals surface area contributed by atoms with Crippen LogP contribution >= 0.6 is 0 Å². The molecule has 0 spiro atoms. The van der Waals surface area contributed by atoms with Crippen molar-refractivity contribution < 1.29 is 28.3 Å². The molecule has 1 N–H and O–H groups in total. The second-order valence-corrected chi connectivity index (χ2v) is 7.06. The van der Waals surface area contributed by atoms with Gasteiger partial charge in [0, 0.05) is 0 Å². The van der Waals surface area contributed by atoms with Crippen LogP contribution in [0.15, 0.2) is 72.8 Å². The number of fused-ring (bicyclic) bond motifs is 1. The summed E-state index contributed by atoms with van der Waals surface area (Å²) >= 11 is 0. The van der Waals surface area contributed by atoms with Crippen LogP contribution in [0.2, 0.25) is 0 Å². The van der Waals surface area contributed by atoms with Crippen LogP contribution in [0.4, 0.5) is 15.8 Å². The van der Waals surface area contributed by atoms with E-state index in [1.807, 2.05) is 0 Å². The molecule has 7 nitrogen and oxygen atoms in total. The molecule has 3 amide bonds. The molecule has 3 aromatic carbocycles. The molecule has 0 radical (unpaired) electrons. The normalized spacial score (nSPS) is 13.5. The number of nitrogens with zero attached hydrogens (tertiary/aromatic N) is 1.